The third kappa shape index (κ3) is 6.73. The van der Waals surface area contributed by atoms with E-state index >= 15 is 0 Å². The highest BCUT2D eigenvalue weighted by Gasteiger charge is 2.30. The minimum atomic E-state index is -0.579. The van der Waals surface area contributed by atoms with Crippen LogP contribution < -0.4 is 10.1 Å². The summed E-state index contributed by atoms with van der Waals surface area (Å²) >= 11 is 6.36. The second-order valence-electron chi connectivity index (χ2n) is 7.98. The standard InChI is InChI=1S/C25H31ClN2O3/c1-2-23(25(30)27-20-12-5-3-6-13-20)28(17-19-11-9-10-16-22(19)26)24(29)18-31-21-14-7-4-8-15-21/h4,7-11,14-16,20,23H,2-3,5-6,12-13,17-18H2,1H3,(H,27,30). The number of amides is 2. The Labute approximate surface area is 189 Å². The van der Waals surface area contributed by atoms with Crippen LogP contribution in [0.2, 0.25) is 5.02 Å². The second-order valence-corrected chi connectivity index (χ2v) is 8.39. The zero-order chi connectivity index (χ0) is 22.1. The number of nitrogens with zero attached hydrogens (tertiary/aromatic N) is 1. The minimum absolute atomic E-state index is 0.102. The summed E-state index contributed by atoms with van der Waals surface area (Å²) in [5.74, 6) is 0.275. The number of nitrogens with one attached hydrogen (secondary N) is 1. The summed E-state index contributed by atoms with van der Waals surface area (Å²) in [6.07, 6.45) is 6.00. The van der Waals surface area contributed by atoms with Crippen LogP contribution in [0.3, 0.4) is 0 Å². The summed E-state index contributed by atoms with van der Waals surface area (Å²) in [5.41, 5.74) is 0.807. The van der Waals surface area contributed by atoms with Gasteiger partial charge in [-0.2, -0.15) is 0 Å². The highest BCUT2D eigenvalue weighted by Crippen LogP contribution is 2.22. The lowest BCUT2D eigenvalue weighted by atomic mass is 9.95. The van der Waals surface area contributed by atoms with Crippen LogP contribution in [0.15, 0.2) is 54.6 Å². The van der Waals surface area contributed by atoms with E-state index in [0.29, 0.717) is 17.2 Å². The maximum absolute atomic E-state index is 13.2. The van der Waals surface area contributed by atoms with Crippen molar-refractivity contribution in [2.75, 3.05) is 6.61 Å². The van der Waals surface area contributed by atoms with Crippen molar-refractivity contribution in [3.05, 3.63) is 65.2 Å². The molecule has 1 saturated carbocycles. The fourth-order valence-corrected chi connectivity index (χ4v) is 4.21. The fraction of sp³-hybridized carbons (Fsp3) is 0.440. The smallest absolute Gasteiger partial charge is 0.261 e. The normalized spacial score (nSPS) is 15.2. The Morgan fingerprint density at radius 2 is 1.74 bits per heavy atom. The molecule has 1 atom stereocenters. The summed E-state index contributed by atoms with van der Waals surface area (Å²) in [5, 5.41) is 3.75. The third-order valence-electron chi connectivity index (χ3n) is 5.74. The lowest BCUT2D eigenvalue weighted by Gasteiger charge is -2.33. The predicted octanol–water partition coefficient (Wildman–Crippen LogP) is 4.98. The topological polar surface area (TPSA) is 58.6 Å². The van der Waals surface area contributed by atoms with Gasteiger partial charge in [0.25, 0.3) is 5.91 Å². The Bertz CT molecular complexity index is 853. The molecule has 1 N–H and O–H groups in total. The molecule has 1 unspecified atom stereocenters. The number of ether oxygens (including phenoxy) is 1. The lowest BCUT2D eigenvalue weighted by Crippen LogP contribution is -2.52. The quantitative estimate of drug-likeness (QED) is 0.596. The van der Waals surface area contributed by atoms with Gasteiger partial charge in [0.15, 0.2) is 6.61 Å². The predicted molar refractivity (Wildman–Crippen MR) is 123 cm³/mol. The fourth-order valence-electron chi connectivity index (χ4n) is 4.02. The van der Waals surface area contributed by atoms with Gasteiger partial charge in [0, 0.05) is 17.6 Å². The molecule has 3 rings (SSSR count). The minimum Gasteiger partial charge on any atom is -0.484 e. The number of rotatable bonds is 9. The third-order valence-corrected chi connectivity index (χ3v) is 6.11. The van der Waals surface area contributed by atoms with E-state index in [0.717, 1.165) is 31.2 Å². The molecule has 2 aromatic carbocycles. The van der Waals surface area contributed by atoms with Gasteiger partial charge in [0.05, 0.1) is 0 Å². The number of benzene rings is 2. The molecule has 0 aliphatic heterocycles. The van der Waals surface area contributed by atoms with Crippen LogP contribution in [0.1, 0.15) is 51.0 Å². The molecule has 6 heteroatoms. The van der Waals surface area contributed by atoms with Gasteiger partial charge in [0.1, 0.15) is 11.8 Å². The molecule has 1 aliphatic rings. The summed E-state index contributed by atoms with van der Waals surface area (Å²) in [7, 11) is 0. The van der Waals surface area contributed by atoms with Gasteiger partial charge in [-0.05, 0) is 43.0 Å². The average Bonchev–Trinajstić information content (AvgIpc) is 2.80. The van der Waals surface area contributed by atoms with Crippen LogP contribution in [0.5, 0.6) is 5.75 Å². The molecule has 2 amide bonds. The molecule has 0 bridgehead atoms. The SMILES string of the molecule is CCC(C(=O)NC1CCCCC1)N(Cc1ccccc1Cl)C(=O)COc1ccccc1. The number of hydrogen-bond acceptors (Lipinski definition) is 3. The van der Waals surface area contributed by atoms with Crippen LogP contribution in [0, 0.1) is 0 Å². The summed E-state index contributed by atoms with van der Waals surface area (Å²) in [6.45, 7) is 2.05. The zero-order valence-corrected chi connectivity index (χ0v) is 18.8. The Balaban J connectivity index is 1.75. The monoisotopic (exact) mass is 442 g/mol. The van der Waals surface area contributed by atoms with Crippen LogP contribution in [0.4, 0.5) is 0 Å². The average molecular weight is 443 g/mol. The van der Waals surface area contributed by atoms with Crippen LogP contribution in [0.25, 0.3) is 0 Å². The second kappa shape index (κ2) is 11.8. The van der Waals surface area contributed by atoms with Gasteiger partial charge in [-0.25, -0.2) is 0 Å². The number of carbonyl (C=O) groups is 2. The van der Waals surface area contributed by atoms with Gasteiger partial charge >= 0.3 is 0 Å². The molecule has 0 aromatic heterocycles. The van der Waals surface area contributed by atoms with E-state index in [1.165, 1.54) is 6.42 Å². The Morgan fingerprint density at radius 1 is 1.06 bits per heavy atom. The number of hydrogen-bond donors (Lipinski definition) is 1. The van der Waals surface area contributed by atoms with Gasteiger partial charge in [0.2, 0.25) is 5.91 Å². The highest BCUT2D eigenvalue weighted by atomic mass is 35.5. The van der Waals surface area contributed by atoms with Gasteiger partial charge in [-0.1, -0.05) is 74.2 Å². The largest absolute Gasteiger partial charge is 0.484 e. The van der Waals surface area contributed by atoms with Crippen molar-refractivity contribution in [2.24, 2.45) is 0 Å². The van der Waals surface area contributed by atoms with Crippen molar-refractivity contribution in [3.8, 4) is 5.75 Å². The van der Waals surface area contributed by atoms with E-state index < -0.39 is 6.04 Å². The maximum atomic E-state index is 13.2. The molecule has 0 spiro atoms. The van der Waals surface area contributed by atoms with E-state index in [-0.39, 0.29) is 31.0 Å². The van der Waals surface area contributed by atoms with E-state index in [1.54, 1.807) is 23.1 Å². The molecule has 5 nitrogen and oxygen atoms in total. The van der Waals surface area contributed by atoms with Crippen molar-refractivity contribution >= 4 is 23.4 Å². The molecule has 1 fully saturated rings. The zero-order valence-electron chi connectivity index (χ0n) is 18.1. The van der Waals surface area contributed by atoms with Crippen LogP contribution in [-0.2, 0) is 16.1 Å². The number of carbonyl (C=O) groups excluding carboxylic acids is 2. The van der Waals surface area contributed by atoms with Crippen molar-refractivity contribution in [1.82, 2.24) is 10.2 Å². The van der Waals surface area contributed by atoms with Crippen LogP contribution >= 0.6 is 11.6 Å². The van der Waals surface area contributed by atoms with E-state index in [2.05, 4.69) is 5.32 Å². The number of para-hydroxylation sites is 1. The van der Waals surface area contributed by atoms with Crippen LogP contribution in [-0.4, -0.2) is 35.4 Å². The molecule has 0 radical (unpaired) electrons. The summed E-state index contributed by atoms with van der Waals surface area (Å²) in [4.78, 5) is 28.0. The first-order valence-corrected chi connectivity index (χ1v) is 11.5. The van der Waals surface area contributed by atoms with Gasteiger partial charge < -0.3 is 15.0 Å². The van der Waals surface area contributed by atoms with Gasteiger partial charge in [-0.3, -0.25) is 9.59 Å². The Hall–Kier alpha value is -2.53. The first-order valence-electron chi connectivity index (χ1n) is 11.1. The molecule has 0 saturated heterocycles. The first kappa shape index (κ1) is 23.1. The molecule has 166 valence electrons. The summed E-state index contributed by atoms with van der Waals surface area (Å²) < 4.78 is 5.69. The number of halogens is 1. The Morgan fingerprint density at radius 3 is 2.42 bits per heavy atom. The lowest BCUT2D eigenvalue weighted by molar-refractivity contribution is -0.143. The van der Waals surface area contributed by atoms with Crippen molar-refractivity contribution < 1.29 is 14.3 Å². The van der Waals surface area contributed by atoms with Crippen molar-refractivity contribution in [2.45, 2.75) is 64.1 Å². The summed E-state index contributed by atoms with van der Waals surface area (Å²) in [6, 6.07) is 16.2. The van der Waals surface area contributed by atoms with E-state index in [4.69, 9.17) is 16.3 Å². The van der Waals surface area contributed by atoms with Crippen molar-refractivity contribution in [3.63, 3.8) is 0 Å². The molecule has 31 heavy (non-hydrogen) atoms. The first-order chi connectivity index (χ1) is 15.1. The molecular weight excluding hydrogens is 412 g/mol. The van der Waals surface area contributed by atoms with Gasteiger partial charge in [-0.15, -0.1) is 0 Å². The molecule has 0 heterocycles. The highest BCUT2D eigenvalue weighted by molar-refractivity contribution is 6.31. The maximum Gasteiger partial charge on any atom is 0.261 e. The van der Waals surface area contributed by atoms with E-state index in [9.17, 15) is 9.59 Å². The molecule has 2 aromatic rings. The molecular formula is C25H31ClN2O3. The van der Waals surface area contributed by atoms with Crippen molar-refractivity contribution in [1.29, 1.82) is 0 Å². The Kier molecular flexibility index (Phi) is 8.77. The molecule has 1 aliphatic carbocycles. The van der Waals surface area contributed by atoms with E-state index in [1.807, 2.05) is 43.3 Å².